The molecule has 2 aliphatic carbocycles. The van der Waals surface area contributed by atoms with Crippen molar-refractivity contribution in [1.82, 2.24) is 5.32 Å². The number of fused-ring (bicyclic) bond motifs is 1. The summed E-state index contributed by atoms with van der Waals surface area (Å²) >= 11 is 0. The third-order valence-corrected chi connectivity index (χ3v) is 4.84. The van der Waals surface area contributed by atoms with Gasteiger partial charge in [0.05, 0.1) is 5.60 Å². The molecule has 1 aromatic carbocycles. The van der Waals surface area contributed by atoms with Gasteiger partial charge in [-0.25, -0.2) is 0 Å². The first-order valence-electron chi connectivity index (χ1n) is 7.80. The molecule has 0 radical (unpaired) electrons. The molecule has 2 aliphatic rings. The van der Waals surface area contributed by atoms with Crippen LogP contribution in [0.4, 0.5) is 0 Å². The van der Waals surface area contributed by atoms with Crippen LogP contribution in [0.2, 0.25) is 0 Å². The molecule has 19 heavy (non-hydrogen) atoms. The van der Waals surface area contributed by atoms with Gasteiger partial charge in [-0.15, -0.1) is 0 Å². The summed E-state index contributed by atoms with van der Waals surface area (Å²) in [5.74, 6) is 0. The van der Waals surface area contributed by atoms with E-state index in [0.717, 1.165) is 19.4 Å². The number of rotatable bonds is 3. The fraction of sp³-hybridized carbons (Fsp3) is 0.647. The summed E-state index contributed by atoms with van der Waals surface area (Å²) in [4.78, 5) is 0. The van der Waals surface area contributed by atoms with Gasteiger partial charge in [-0.2, -0.15) is 0 Å². The van der Waals surface area contributed by atoms with Gasteiger partial charge in [0, 0.05) is 12.6 Å². The normalized spacial score (nSPS) is 25.8. The lowest BCUT2D eigenvalue weighted by molar-refractivity contribution is 0.0227. The van der Waals surface area contributed by atoms with Crippen LogP contribution in [-0.2, 0) is 6.42 Å². The summed E-state index contributed by atoms with van der Waals surface area (Å²) in [6, 6.07) is 9.16. The predicted octanol–water partition coefficient (Wildman–Crippen LogP) is 3.35. The Morgan fingerprint density at radius 3 is 2.63 bits per heavy atom. The molecule has 0 saturated heterocycles. The van der Waals surface area contributed by atoms with Crippen molar-refractivity contribution >= 4 is 0 Å². The smallest absolute Gasteiger partial charge is 0.0771 e. The van der Waals surface area contributed by atoms with Gasteiger partial charge in [0.2, 0.25) is 0 Å². The Balaban J connectivity index is 1.61. The van der Waals surface area contributed by atoms with Gasteiger partial charge in [-0.1, -0.05) is 49.9 Å². The molecule has 104 valence electrons. The van der Waals surface area contributed by atoms with Crippen molar-refractivity contribution in [1.29, 1.82) is 0 Å². The summed E-state index contributed by atoms with van der Waals surface area (Å²) in [6.45, 7) is 0.756. The fourth-order valence-electron chi connectivity index (χ4n) is 3.65. The monoisotopic (exact) mass is 259 g/mol. The standard InChI is InChI=1S/C17H25NO/c19-17(11-5-1-2-6-12-17)13-18-16-10-9-14-7-3-4-8-15(14)16/h3-4,7-8,16,18-19H,1-2,5-6,9-13H2. The number of nitrogens with one attached hydrogen (secondary N) is 1. The molecule has 0 amide bonds. The summed E-state index contributed by atoms with van der Waals surface area (Å²) in [5, 5.41) is 14.3. The van der Waals surface area contributed by atoms with Gasteiger partial charge >= 0.3 is 0 Å². The van der Waals surface area contributed by atoms with Crippen molar-refractivity contribution in [2.75, 3.05) is 6.54 Å². The van der Waals surface area contributed by atoms with Gasteiger partial charge in [0.1, 0.15) is 0 Å². The molecule has 0 aromatic heterocycles. The quantitative estimate of drug-likeness (QED) is 0.816. The van der Waals surface area contributed by atoms with E-state index in [1.54, 1.807) is 0 Å². The van der Waals surface area contributed by atoms with Gasteiger partial charge in [0.25, 0.3) is 0 Å². The van der Waals surface area contributed by atoms with Crippen LogP contribution in [-0.4, -0.2) is 17.3 Å². The minimum absolute atomic E-state index is 0.448. The summed E-state index contributed by atoms with van der Waals surface area (Å²) in [5.41, 5.74) is 2.46. The van der Waals surface area contributed by atoms with Crippen LogP contribution in [0.1, 0.15) is 62.1 Å². The molecule has 0 aliphatic heterocycles. The molecule has 1 atom stereocenters. The van der Waals surface area contributed by atoms with Crippen LogP contribution in [0.15, 0.2) is 24.3 Å². The first-order valence-corrected chi connectivity index (χ1v) is 7.80. The zero-order chi connectivity index (χ0) is 13.1. The van der Waals surface area contributed by atoms with Crippen molar-refractivity contribution in [3.05, 3.63) is 35.4 Å². The van der Waals surface area contributed by atoms with Crippen molar-refractivity contribution in [3.63, 3.8) is 0 Å². The largest absolute Gasteiger partial charge is 0.389 e. The van der Waals surface area contributed by atoms with E-state index in [1.807, 2.05) is 0 Å². The second-order valence-electron chi connectivity index (χ2n) is 6.31. The average molecular weight is 259 g/mol. The van der Waals surface area contributed by atoms with Gasteiger partial charge in [-0.05, 0) is 36.8 Å². The highest BCUT2D eigenvalue weighted by Crippen LogP contribution is 2.32. The number of aryl methyl sites for hydroxylation is 1. The molecule has 0 bridgehead atoms. The van der Waals surface area contributed by atoms with E-state index in [2.05, 4.69) is 29.6 Å². The van der Waals surface area contributed by atoms with Gasteiger partial charge in [0.15, 0.2) is 0 Å². The lowest BCUT2D eigenvalue weighted by Gasteiger charge is -2.29. The second kappa shape index (κ2) is 5.64. The third kappa shape index (κ3) is 3.01. The highest BCUT2D eigenvalue weighted by molar-refractivity contribution is 5.34. The van der Waals surface area contributed by atoms with Crippen LogP contribution in [0.25, 0.3) is 0 Å². The van der Waals surface area contributed by atoms with E-state index >= 15 is 0 Å². The van der Waals surface area contributed by atoms with Gasteiger partial charge in [-0.3, -0.25) is 0 Å². The summed E-state index contributed by atoms with van der Waals surface area (Å²) < 4.78 is 0. The molecule has 2 heteroatoms. The number of hydrogen-bond donors (Lipinski definition) is 2. The molecule has 1 saturated carbocycles. The van der Waals surface area contributed by atoms with Crippen molar-refractivity contribution in [2.24, 2.45) is 0 Å². The maximum Gasteiger partial charge on any atom is 0.0771 e. The molecule has 1 fully saturated rings. The van der Waals surface area contributed by atoms with Crippen LogP contribution in [0.3, 0.4) is 0 Å². The second-order valence-corrected chi connectivity index (χ2v) is 6.31. The Hall–Kier alpha value is -0.860. The maximum absolute atomic E-state index is 10.7. The SMILES string of the molecule is OC1(CNC2CCc3ccccc32)CCCCCC1. The summed E-state index contributed by atoms with van der Waals surface area (Å²) in [7, 11) is 0. The zero-order valence-corrected chi connectivity index (χ0v) is 11.7. The Bertz CT molecular complexity index is 421. The predicted molar refractivity (Wildman–Crippen MR) is 78.2 cm³/mol. The van der Waals surface area contributed by atoms with Crippen molar-refractivity contribution in [2.45, 2.75) is 63.0 Å². The molecular weight excluding hydrogens is 234 g/mol. The van der Waals surface area contributed by atoms with E-state index < -0.39 is 5.60 Å². The number of aliphatic hydroxyl groups is 1. The van der Waals surface area contributed by atoms with E-state index in [4.69, 9.17) is 0 Å². The van der Waals surface area contributed by atoms with Crippen molar-refractivity contribution in [3.8, 4) is 0 Å². The Morgan fingerprint density at radius 2 is 1.84 bits per heavy atom. The van der Waals surface area contributed by atoms with Crippen molar-refractivity contribution < 1.29 is 5.11 Å². The molecule has 0 spiro atoms. The summed E-state index contributed by atoms with van der Waals surface area (Å²) in [6.07, 6.45) is 9.21. The van der Waals surface area contributed by atoms with E-state index in [9.17, 15) is 5.11 Å². The van der Waals surface area contributed by atoms with Crippen LogP contribution in [0.5, 0.6) is 0 Å². The topological polar surface area (TPSA) is 32.3 Å². The van der Waals surface area contributed by atoms with Crippen LogP contribution in [0, 0.1) is 0 Å². The highest BCUT2D eigenvalue weighted by atomic mass is 16.3. The number of benzene rings is 1. The Kier molecular flexibility index (Phi) is 3.90. The molecule has 2 N–H and O–H groups in total. The van der Waals surface area contributed by atoms with Gasteiger partial charge < -0.3 is 10.4 Å². The van der Waals surface area contributed by atoms with Crippen LogP contribution >= 0.6 is 0 Å². The van der Waals surface area contributed by atoms with E-state index in [1.165, 1.54) is 49.7 Å². The maximum atomic E-state index is 10.7. The minimum atomic E-state index is -0.464. The molecule has 3 rings (SSSR count). The third-order valence-electron chi connectivity index (χ3n) is 4.84. The fourth-order valence-corrected chi connectivity index (χ4v) is 3.65. The Morgan fingerprint density at radius 1 is 1.11 bits per heavy atom. The number of hydrogen-bond acceptors (Lipinski definition) is 2. The molecule has 0 heterocycles. The lowest BCUT2D eigenvalue weighted by atomic mass is 9.94. The van der Waals surface area contributed by atoms with E-state index in [-0.39, 0.29) is 0 Å². The zero-order valence-electron chi connectivity index (χ0n) is 11.7. The first kappa shape index (κ1) is 13.1. The average Bonchev–Trinajstić information content (AvgIpc) is 2.72. The van der Waals surface area contributed by atoms with E-state index in [0.29, 0.717) is 6.04 Å². The molecule has 1 aromatic rings. The molecule has 1 unspecified atom stereocenters. The lowest BCUT2D eigenvalue weighted by Crippen LogP contribution is -2.41. The highest BCUT2D eigenvalue weighted by Gasteiger charge is 2.30. The Labute approximate surface area is 116 Å². The molecular formula is C17H25NO. The molecule has 2 nitrogen and oxygen atoms in total. The van der Waals surface area contributed by atoms with Crippen LogP contribution < -0.4 is 5.32 Å². The first-order chi connectivity index (χ1) is 9.27. The minimum Gasteiger partial charge on any atom is -0.389 e.